The van der Waals surface area contributed by atoms with Gasteiger partial charge in [0.15, 0.2) is 0 Å². The zero-order chi connectivity index (χ0) is 17.9. The van der Waals surface area contributed by atoms with Gasteiger partial charge in [-0.2, -0.15) is 0 Å². The predicted molar refractivity (Wildman–Crippen MR) is 94.0 cm³/mol. The van der Waals surface area contributed by atoms with Crippen molar-refractivity contribution in [2.75, 3.05) is 5.32 Å². The van der Waals surface area contributed by atoms with E-state index in [9.17, 15) is 9.59 Å². The summed E-state index contributed by atoms with van der Waals surface area (Å²) in [7, 11) is 0. The lowest BCUT2D eigenvalue weighted by Crippen LogP contribution is -2.27. The van der Waals surface area contributed by atoms with E-state index < -0.39 is 0 Å². The largest absolute Gasteiger partial charge is 0.349 e. The fourth-order valence-electron chi connectivity index (χ4n) is 2.54. The fourth-order valence-corrected chi connectivity index (χ4v) is 2.54. The summed E-state index contributed by atoms with van der Waals surface area (Å²) in [6.45, 7) is 0. The second-order valence-electron chi connectivity index (χ2n) is 6.05. The third kappa shape index (κ3) is 3.44. The molecular weight excluding hydrogens is 332 g/mol. The van der Waals surface area contributed by atoms with E-state index in [1.165, 1.54) is 11.0 Å². The van der Waals surface area contributed by atoms with Crippen molar-refractivity contribution < 1.29 is 9.59 Å². The molecule has 0 aliphatic heterocycles. The molecule has 26 heavy (non-hydrogen) atoms. The summed E-state index contributed by atoms with van der Waals surface area (Å²) in [5.74, 6) is -0.488. The molecular formula is C18H16N6O2. The summed E-state index contributed by atoms with van der Waals surface area (Å²) < 4.78 is 1.47. The summed E-state index contributed by atoms with van der Waals surface area (Å²) in [5.41, 5.74) is 2.03. The third-order valence-electron chi connectivity index (χ3n) is 4.05. The highest BCUT2D eigenvalue weighted by molar-refractivity contribution is 6.09. The molecule has 1 aliphatic rings. The van der Waals surface area contributed by atoms with Crippen molar-refractivity contribution >= 4 is 17.5 Å². The van der Waals surface area contributed by atoms with Crippen LogP contribution in [0.3, 0.4) is 0 Å². The molecule has 3 aromatic rings. The Morgan fingerprint density at radius 1 is 1.04 bits per heavy atom. The zero-order valence-electron chi connectivity index (χ0n) is 13.8. The number of rotatable bonds is 5. The molecule has 0 atom stereocenters. The molecule has 2 amide bonds. The summed E-state index contributed by atoms with van der Waals surface area (Å²) in [6, 6.07) is 14.1. The smallest absolute Gasteiger partial charge is 0.255 e. The molecule has 2 N–H and O–H groups in total. The van der Waals surface area contributed by atoms with Crippen LogP contribution >= 0.6 is 0 Å². The van der Waals surface area contributed by atoms with Crippen LogP contribution in [-0.2, 0) is 0 Å². The standard InChI is InChI=1S/C18H16N6O2/c25-17(12-4-3-5-14(10-12)24-11-19-22-23-24)21-16-7-2-1-6-15(16)18(26)20-13-8-9-13/h1-7,10-11,13H,8-9H2,(H,20,26)(H,21,25). The lowest BCUT2D eigenvalue weighted by molar-refractivity contribution is 0.0952. The van der Waals surface area contributed by atoms with Crippen LogP contribution in [0.1, 0.15) is 33.6 Å². The van der Waals surface area contributed by atoms with Crippen molar-refractivity contribution in [1.82, 2.24) is 25.5 Å². The Morgan fingerprint density at radius 2 is 1.88 bits per heavy atom. The first-order valence-electron chi connectivity index (χ1n) is 8.25. The molecule has 0 radical (unpaired) electrons. The van der Waals surface area contributed by atoms with Crippen molar-refractivity contribution in [3.05, 3.63) is 66.0 Å². The van der Waals surface area contributed by atoms with Gasteiger partial charge in [-0.3, -0.25) is 9.59 Å². The first kappa shape index (κ1) is 15.9. The number of para-hydroxylation sites is 1. The molecule has 1 aromatic heterocycles. The van der Waals surface area contributed by atoms with Gasteiger partial charge in [0, 0.05) is 11.6 Å². The normalized spacial score (nSPS) is 13.2. The van der Waals surface area contributed by atoms with Crippen molar-refractivity contribution in [3.8, 4) is 5.69 Å². The molecule has 1 fully saturated rings. The first-order chi connectivity index (χ1) is 12.7. The summed E-state index contributed by atoms with van der Waals surface area (Å²) >= 11 is 0. The van der Waals surface area contributed by atoms with E-state index in [1.807, 2.05) is 0 Å². The van der Waals surface area contributed by atoms with Crippen molar-refractivity contribution in [3.63, 3.8) is 0 Å². The minimum absolute atomic E-state index is 0.175. The molecule has 0 bridgehead atoms. The van der Waals surface area contributed by atoms with Crippen molar-refractivity contribution in [2.24, 2.45) is 0 Å². The van der Waals surface area contributed by atoms with E-state index in [1.54, 1.807) is 48.5 Å². The minimum Gasteiger partial charge on any atom is -0.349 e. The van der Waals surface area contributed by atoms with Gasteiger partial charge in [-0.05, 0) is 53.6 Å². The van der Waals surface area contributed by atoms with Gasteiger partial charge in [-0.15, -0.1) is 5.10 Å². The highest BCUT2D eigenvalue weighted by atomic mass is 16.2. The summed E-state index contributed by atoms with van der Waals surface area (Å²) in [4.78, 5) is 25.0. The second-order valence-corrected chi connectivity index (χ2v) is 6.05. The number of carbonyl (C=O) groups is 2. The van der Waals surface area contributed by atoms with Crippen LogP contribution < -0.4 is 10.6 Å². The van der Waals surface area contributed by atoms with Gasteiger partial charge in [-0.1, -0.05) is 18.2 Å². The van der Waals surface area contributed by atoms with E-state index in [0.29, 0.717) is 22.5 Å². The number of carbonyl (C=O) groups excluding carboxylic acids is 2. The maximum atomic E-state index is 12.6. The van der Waals surface area contributed by atoms with Crippen LogP contribution in [0.2, 0.25) is 0 Å². The predicted octanol–water partition coefficient (Wildman–Crippen LogP) is 1.81. The number of amides is 2. The number of tetrazole rings is 1. The quantitative estimate of drug-likeness (QED) is 0.732. The minimum atomic E-state index is -0.313. The van der Waals surface area contributed by atoms with E-state index in [2.05, 4.69) is 26.2 Å². The first-order valence-corrected chi connectivity index (χ1v) is 8.25. The highest BCUT2D eigenvalue weighted by Gasteiger charge is 2.25. The number of benzene rings is 2. The number of hydrogen-bond acceptors (Lipinski definition) is 5. The molecule has 4 rings (SSSR count). The summed E-state index contributed by atoms with van der Waals surface area (Å²) in [6.07, 6.45) is 3.46. The third-order valence-corrected chi connectivity index (χ3v) is 4.05. The maximum absolute atomic E-state index is 12.6. The van der Waals surface area contributed by atoms with Gasteiger partial charge in [0.05, 0.1) is 16.9 Å². The van der Waals surface area contributed by atoms with E-state index in [0.717, 1.165) is 12.8 Å². The van der Waals surface area contributed by atoms with Crippen LogP contribution in [0.4, 0.5) is 5.69 Å². The lowest BCUT2D eigenvalue weighted by atomic mass is 10.1. The van der Waals surface area contributed by atoms with Crippen LogP contribution in [0.25, 0.3) is 5.69 Å². The maximum Gasteiger partial charge on any atom is 0.255 e. The Balaban J connectivity index is 1.55. The van der Waals surface area contributed by atoms with Crippen LogP contribution in [0.5, 0.6) is 0 Å². The molecule has 1 aliphatic carbocycles. The van der Waals surface area contributed by atoms with E-state index in [4.69, 9.17) is 0 Å². The monoisotopic (exact) mass is 348 g/mol. The Hall–Kier alpha value is -3.55. The number of aromatic nitrogens is 4. The highest BCUT2D eigenvalue weighted by Crippen LogP contribution is 2.22. The van der Waals surface area contributed by atoms with Crippen molar-refractivity contribution in [2.45, 2.75) is 18.9 Å². The van der Waals surface area contributed by atoms with Gasteiger partial charge < -0.3 is 10.6 Å². The van der Waals surface area contributed by atoms with E-state index >= 15 is 0 Å². The van der Waals surface area contributed by atoms with Crippen LogP contribution in [0.15, 0.2) is 54.9 Å². The average Bonchev–Trinajstić information content (AvgIpc) is 3.31. The van der Waals surface area contributed by atoms with Crippen LogP contribution in [0, 0.1) is 0 Å². The van der Waals surface area contributed by atoms with Crippen molar-refractivity contribution in [1.29, 1.82) is 0 Å². The molecule has 0 unspecified atom stereocenters. The second kappa shape index (κ2) is 6.75. The molecule has 0 saturated heterocycles. The lowest BCUT2D eigenvalue weighted by Gasteiger charge is -2.11. The Labute approximate surface area is 149 Å². The molecule has 0 spiro atoms. The number of nitrogens with one attached hydrogen (secondary N) is 2. The molecule has 1 saturated carbocycles. The molecule has 2 aromatic carbocycles. The average molecular weight is 348 g/mol. The molecule has 8 heteroatoms. The topological polar surface area (TPSA) is 102 Å². The van der Waals surface area contributed by atoms with Gasteiger partial charge >= 0.3 is 0 Å². The van der Waals surface area contributed by atoms with Gasteiger partial charge in [0.25, 0.3) is 11.8 Å². The fraction of sp³-hybridized carbons (Fsp3) is 0.167. The Kier molecular flexibility index (Phi) is 4.14. The SMILES string of the molecule is O=C(Nc1ccccc1C(=O)NC1CC1)c1cccc(-n2cnnn2)c1. The number of anilines is 1. The number of nitrogens with zero attached hydrogens (tertiary/aromatic N) is 4. The molecule has 8 nitrogen and oxygen atoms in total. The van der Waals surface area contributed by atoms with Gasteiger partial charge in [0.2, 0.25) is 0 Å². The molecule has 1 heterocycles. The zero-order valence-corrected chi connectivity index (χ0v) is 13.8. The van der Waals surface area contributed by atoms with Crippen LogP contribution in [-0.4, -0.2) is 38.1 Å². The van der Waals surface area contributed by atoms with Gasteiger partial charge in [0.1, 0.15) is 6.33 Å². The van der Waals surface area contributed by atoms with Gasteiger partial charge in [-0.25, -0.2) is 4.68 Å². The summed E-state index contributed by atoms with van der Waals surface area (Å²) in [5, 5.41) is 16.7. The Bertz CT molecular complexity index is 950. The van der Waals surface area contributed by atoms with E-state index in [-0.39, 0.29) is 17.9 Å². The number of hydrogen-bond donors (Lipinski definition) is 2. The Morgan fingerprint density at radius 3 is 2.65 bits per heavy atom. The molecule has 130 valence electrons.